The maximum atomic E-state index is 6.12. The van der Waals surface area contributed by atoms with Gasteiger partial charge in [0.25, 0.3) is 5.79 Å². The van der Waals surface area contributed by atoms with Crippen LogP contribution in [0.1, 0.15) is 22.3 Å². The molecule has 1 aliphatic rings. The molecule has 49 heavy (non-hydrogen) atoms. The first-order valence-electron chi connectivity index (χ1n) is 16.4. The molecule has 8 rings (SSSR count). The Labute approximate surface area is 286 Å². The standard InChI is InChI=1S/C44H34N4O/c1-31-19-15-16-28-36(31)43-45-41(34-24-11-5-12-25-34)42(35-26-13-6-14-27-35)48(43)44(37-29-17-18-30-38(37)49-2)46-39(32-20-7-3-8-21-32)40(47-44)33-22-9-4-10-23-33/h3-30H,1-2H3. The van der Waals surface area contributed by atoms with Crippen LogP contribution in [0, 0.1) is 6.92 Å². The predicted octanol–water partition coefficient (Wildman–Crippen LogP) is 9.85. The Morgan fingerprint density at radius 2 is 0.980 bits per heavy atom. The fourth-order valence-corrected chi connectivity index (χ4v) is 6.69. The smallest absolute Gasteiger partial charge is 0.265 e. The molecule has 7 aromatic rings. The average Bonchev–Trinajstić information content (AvgIpc) is 3.78. The van der Waals surface area contributed by atoms with E-state index in [1.165, 1.54) is 0 Å². The second kappa shape index (κ2) is 12.7. The summed E-state index contributed by atoms with van der Waals surface area (Å²) in [7, 11) is 1.70. The van der Waals surface area contributed by atoms with Gasteiger partial charge in [0.1, 0.15) is 11.6 Å². The maximum absolute atomic E-state index is 6.12. The van der Waals surface area contributed by atoms with Crippen molar-refractivity contribution in [3.8, 4) is 39.7 Å². The summed E-state index contributed by atoms with van der Waals surface area (Å²) < 4.78 is 8.36. The number of hydrogen-bond acceptors (Lipinski definition) is 4. The minimum atomic E-state index is -1.34. The topological polar surface area (TPSA) is 51.8 Å². The van der Waals surface area contributed by atoms with Crippen molar-refractivity contribution >= 4 is 11.4 Å². The molecular weight excluding hydrogens is 601 g/mol. The zero-order valence-corrected chi connectivity index (χ0v) is 27.4. The lowest BCUT2D eigenvalue weighted by molar-refractivity contribution is 0.360. The molecule has 0 saturated carbocycles. The van der Waals surface area contributed by atoms with Crippen LogP contribution in [0.25, 0.3) is 33.9 Å². The first-order valence-corrected chi connectivity index (χ1v) is 16.4. The molecule has 0 aliphatic carbocycles. The van der Waals surface area contributed by atoms with Gasteiger partial charge < -0.3 is 4.74 Å². The highest BCUT2D eigenvalue weighted by Crippen LogP contribution is 2.48. The normalized spacial score (nSPS) is 13.5. The van der Waals surface area contributed by atoms with Crippen molar-refractivity contribution in [1.29, 1.82) is 0 Å². The van der Waals surface area contributed by atoms with Gasteiger partial charge in [-0.15, -0.1) is 0 Å². The molecule has 0 fully saturated rings. The molecular formula is C44H34N4O. The summed E-state index contributed by atoms with van der Waals surface area (Å²) in [6.45, 7) is 2.13. The Bertz CT molecular complexity index is 2250. The van der Waals surface area contributed by atoms with Crippen LogP contribution < -0.4 is 4.74 Å². The number of methoxy groups -OCH3 is 1. The van der Waals surface area contributed by atoms with E-state index in [2.05, 4.69) is 115 Å². The van der Waals surface area contributed by atoms with Gasteiger partial charge in [-0.05, 0) is 24.6 Å². The molecule has 0 N–H and O–H groups in total. The Morgan fingerprint density at radius 3 is 1.53 bits per heavy atom. The van der Waals surface area contributed by atoms with Crippen LogP contribution in [0.4, 0.5) is 0 Å². The minimum Gasteiger partial charge on any atom is -0.496 e. The van der Waals surface area contributed by atoms with Crippen LogP contribution in [0.5, 0.6) is 5.75 Å². The van der Waals surface area contributed by atoms with E-state index in [1.807, 2.05) is 66.7 Å². The molecule has 6 aromatic carbocycles. The van der Waals surface area contributed by atoms with E-state index in [9.17, 15) is 0 Å². The van der Waals surface area contributed by atoms with Gasteiger partial charge in [0.2, 0.25) is 0 Å². The van der Waals surface area contributed by atoms with E-state index in [-0.39, 0.29) is 0 Å². The highest BCUT2D eigenvalue weighted by atomic mass is 16.5. The summed E-state index contributed by atoms with van der Waals surface area (Å²) >= 11 is 0. The number of rotatable bonds is 8. The third-order valence-corrected chi connectivity index (χ3v) is 8.99. The molecule has 0 saturated heterocycles. The minimum absolute atomic E-state index is 0.682. The summed E-state index contributed by atoms with van der Waals surface area (Å²) in [5.74, 6) is 0.101. The summed E-state index contributed by atoms with van der Waals surface area (Å²) in [5, 5.41) is 0. The average molecular weight is 635 g/mol. The maximum Gasteiger partial charge on any atom is 0.265 e. The van der Waals surface area contributed by atoms with Crippen LogP contribution in [0.2, 0.25) is 0 Å². The molecule has 0 amide bonds. The Morgan fingerprint density at radius 1 is 0.510 bits per heavy atom. The van der Waals surface area contributed by atoms with Gasteiger partial charge in [-0.1, -0.05) is 158 Å². The van der Waals surface area contributed by atoms with E-state index < -0.39 is 5.79 Å². The van der Waals surface area contributed by atoms with Gasteiger partial charge >= 0.3 is 0 Å². The van der Waals surface area contributed by atoms with Gasteiger partial charge in [-0.25, -0.2) is 15.0 Å². The summed E-state index contributed by atoms with van der Waals surface area (Å²) in [6.07, 6.45) is 0. The fraction of sp³-hybridized carbons (Fsp3) is 0.0682. The third-order valence-electron chi connectivity index (χ3n) is 8.99. The van der Waals surface area contributed by atoms with Crippen molar-refractivity contribution in [3.05, 3.63) is 192 Å². The lowest BCUT2D eigenvalue weighted by Crippen LogP contribution is -2.32. The second-order valence-electron chi connectivity index (χ2n) is 12.0. The Balaban J connectivity index is 1.59. The number of para-hydroxylation sites is 1. The number of aryl methyl sites for hydroxylation is 1. The molecule has 0 unspecified atom stereocenters. The van der Waals surface area contributed by atoms with Crippen LogP contribution in [0.15, 0.2) is 180 Å². The van der Waals surface area contributed by atoms with Crippen LogP contribution in [-0.2, 0) is 5.79 Å². The Hall–Kier alpha value is -6.33. The van der Waals surface area contributed by atoms with Crippen LogP contribution >= 0.6 is 0 Å². The third kappa shape index (κ3) is 5.26. The summed E-state index contributed by atoms with van der Waals surface area (Å²) in [4.78, 5) is 17.1. The number of benzene rings is 6. The SMILES string of the molecule is COc1ccccc1C1(n2c(-c3ccccc3C)nc(-c3ccccc3)c2-c2ccccc2)N=C(c2ccccc2)C(c2ccccc2)=N1. The molecule has 0 atom stereocenters. The molecule has 0 spiro atoms. The van der Waals surface area contributed by atoms with Crippen molar-refractivity contribution in [2.24, 2.45) is 9.98 Å². The highest BCUT2D eigenvalue weighted by molar-refractivity contribution is 6.54. The first-order chi connectivity index (χ1) is 24.2. The largest absolute Gasteiger partial charge is 0.496 e. The van der Waals surface area contributed by atoms with Crippen molar-refractivity contribution < 1.29 is 4.74 Å². The van der Waals surface area contributed by atoms with E-state index in [4.69, 9.17) is 19.7 Å². The van der Waals surface area contributed by atoms with Gasteiger partial charge in [0, 0.05) is 27.8 Å². The molecule has 1 aliphatic heterocycles. The predicted molar refractivity (Wildman–Crippen MR) is 199 cm³/mol. The lowest BCUT2D eigenvalue weighted by atomic mass is 10.0. The van der Waals surface area contributed by atoms with Crippen LogP contribution in [-0.4, -0.2) is 28.1 Å². The monoisotopic (exact) mass is 634 g/mol. The fourth-order valence-electron chi connectivity index (χ4n) is 6.69. The van der Waals surface area contributed by atoms with E-state index in [0.717, 1.165) is 67.6 Å². The number of aliphatic imine (C=N–C) groups is 2. The quantitative estimate of drug-likeness (QED) is 0.167. The zero-order valence-electron chi connectivity index (χ0n) is 27.4. The summed E-state index contributed by atoms with van der Waals surface area (Å²) in [5.41, 5.74) is 10.2. The highest BCUT2D eigenvalue weighted by Gasteiger charge is 2.46. The van der Waals surface area contributed by atoms with Gasteiger partial charge in [-0.2, -0.15) is 0 Å². The van der Waals surface area contributed by atoms with Gasteiger partial charge in [0.05, 0.1) is 35.5 Å². The number of aromatic nitrogens is 2. The molecule has 2 heterocycles. The first kappa shape index (κ1) is 30.0. The second-order valence-corrected chi connectivity index (χ2v) is 12.0. The summed E-state index contributed by atoms with van der Waals surface area (Å²) in [6, 6.07) is 57.9. The number of imidazole rings is 1. The zero-order chi connectivity index (χ0) is 33.2. The number of nitrogens with zero attached hydrogens (tertiary/aromatic N) is 4. The van der Waals surface area contributed by atoms with E-state index in [0.29, 0.717) is 5.75 Å². The molecule has 1 aromatic heterocycles. The molecule has 5 heteroatoms. The van der Waals surface area contributed by atoms with E-state index >= 15 is 0 Å². The molecule has 236 valence electrons. The Kier molecular flexibility index (Phi) is 7.78. The van der Waals surface area contributed by atoms with Crippen molar-refractivity contribution in [1.82, 2.24) is 9.55 Å². The van der Waals surface area contributed by atoms with Gasteiger partial charge in [0.15, 0.2) is 0 Å². The van der Waals surface area contributed by atoms with E-state index in [1.54, 1.807) is 7.11 Å². The molecule has 0 bridgehead atoms. The number of ether oxygens (including phenoxy) is 1. The number of hydrogen-bond donors (Lipinski definition) is 0. The van der Waals surface area contributed by atoms with Crippen molar-refractivity contribution in [3.63, 3.8) is 0 Å². The van der Waals surface area contributed by atoms with Crippen molar-refractivity contribution in [2.75, 3.05) is 7.11 Å². The lowest BCUT2D eigenvalue weighted by Gasteiger charge is -2.31. The van der Waals surface area contributed by atoms with Crippen LogP contribution in [0.3, 0.4) is 0 Å². The molecule has 5 nitrogen and oxygen atoms in total. The van der Waals surface area contributed by atoms with Crippen molar-refractivity contribution in [2.45, 2.75) is 12.7 Å². The molecule has 0 radical (unpaired) electrons. The van der Waals surface area contributed by atoms with Gasteiger partial charge in [-0.3, -0.25) is 4.57 Å².